The Bertz CT molecular complexity index is 1880. The summed E-state index contributed by atoms with van der Waals surface area (Å²) in [6.45, 7) is 3.68. The molecule has 3 N–H and O–H groups in total. The first-order valence-electron chi connectivity index (χ1n) is 16.0. The largest absolute Gasteiger partial charge is 0.494 e. The van der Waals surface area contributed by atoms with Gasteiger partial charge in [-0.1, -0.05) is 23.7 Å². The lowest BCUT2D eigenvalue weighted by Gasteiger charge is -2.16. The number of nitrogens with one attached hydrogen (secondary N) is 1. The van der Waals surface area contributed by atoms with Crippen molar-refractivity contribution < 1.29 is 34.1 Å². The number of likely N-dealkylation sites (tertiary alicyclic amines) is 1. The Hall–Kier alpha value is -5.51. The Balaban J connectivity index is 0.000000627. The third kappa shape index (κ3) is 10.7. The lowest BCUT2D eigenvalue weighted by Crippen LogP contribution is -2.22. The summed E-state index contributed by atoms with van der Waals surface area (Å²) in [7, 11) is 2.08. The number of carboxylic acids is 2. The van der Waals surface area contributed by atoms with Gasteiger partial charge in [-0.15, -0.1) is 0 Å². The van der Waals surface area contributed by atoms with Gasteiger partial charge in [0.1, 0.15) is 24.2 Å². The molecule has 1 aliphatic heterocycles. The molecule has 260 valence electrons. The highest BCUT2D eigenvalue weighted by Crippen LogP contribution is 2.36. The first-order valence-corrected chi connectivity index (χ1v) is 16.4. The van der Waals surface area contributed by atoms with E-state index in [2.05, 4.69) is 33.3 Å². The van der Waals surface area contributed by atoms with Crippen molar-refractivity contribution in [3.05, 3.63) is 94.9 Å². The number of nitrogens with zero attached hydrogens (tertiary/aromatic N) is 4. The Morgan fingerprint density at radius 2 is 1.86 bits per heavy atom. The van der Waals surface area contributed by atoms with Gasteiger partial charge in [-0.25, -0.2) is 0 Å². The van der Waals surface area contributed by atoms with Crippen molar-refractivity contribution in [1.82, 2.24) is 14.9 Å². The van der Waals surface area contributed by atoms with Gasteiger partial charge < -0.3 is 25.0 Å². The minimum absolute atomic E-state index is 0.0115. The van der Waals surface area contributed by atoms with Crippen LogP contribution in [0.4, 0.5) is 11.4 Å². The third-order valence-electron chi connectivity index (χ3n) is 7.77. The van der Waals surface area contributed by atoms with Gasteiger partial charge >= 0.3 is 11.9 Å². The maximum Gasteiger partial charge on any atom is 0.303 e. The Morgan fingerprint density at radius 3 is 2.48 bits per heavy atom. The highest BCUT2D eigenvalue weighted by Gasteiger charge is 2.19. The molecule has 0 aliphatic carbocycles. The van der Waals surface area contributed by atoms with E-state index in [-0.39, 0.29) is 37.7 Å². The monoisotopic (exact) mass is 699 g/mol. The number of carbonyl (C=O) groups is 3. The number of pyridine rings is 2. The molecular formula is C37H38ClN5O7. The number of halogens is 1. The summed E-state index contributed by atoms with van der Waals surface area (Å²) in [5, 5.41) is 30.2. The van der Waals surface area contributed by atoms with E-state index in [0.717, 1.165) is 30.6 Å². The molecule has 2 aromatic heterocycles. The molecule has 12 nitrogen and oxygen atoms in total. The normalized spacial score (nSPS) is 14.1. The molecule has 0 spiro atoms. The maximum atomic E-state index is 13.0. The summed E-state index contributed by atoms with van der Waals surface area (Å²) >= 11 is 6.55. The number of nitriles is 1. The highest BCUT2D eigenvalue weighted by atomic mass is 35.5. The molecule has 1 aliphatic rings. The third-order valence-corrected chi connectivity index (χ3v) is 8.07. The lowest BCUT2D eigenvalue weighted by molar-refractivity contribution is -0.143. The van der Waals surface area contributed by atoms with E-state index in [0.29, 0.717) is 51.0 Å². The number of fused-ring (bicyclic) bond motifs is 1. The van der Waals surface area contributed by atoms with Crippen LogP contribution in [0, 0.1) is 11.3 Å². The Kier molecular flexibility index (Phi) is 13.7. The predicted octanol–water partition coefficient (Wildman–Crippen LogP) is 6.57. The number of anilines is 2. The van der Waals surface area contributed by atoms with E-state index in [1.54, 1.807) is 24.4 Å². The Labute approximate surface area is 294 Å². The van der Waals surface area contributed by atoms with E-state index in [9.17, 15) is 19.6 Å². The van der Waals surface area contributed by atoms with Crippen LogP contribution in [0.5, 0.6) is 11.5 Å². The summed E-state index contributed by atoms with van der Waals surface area (Å²) in [6, 6.07) is 17.2. The number of ketones is 1. The van der Waals surface area contributed by atoms with Gasteiger partial charge in [-0.2, -0.15) is 5.26 Å². The van der Waals surface area contributed by atoms with E-state index in [4.69, 9.17) is 31.3 Å². The fraction of sp³-hybridized carbons (Fsp3) is 0.297. The summed E-state index contributed by atoms with van der Waals surface area (Å²) in [4.78, 5) is 43.3. The van der Waals surface area contributed by atoms with Crippen LogP contribution in [0.3, 0.4) is 0 Å². The molecule has 50 heavy (non-hydrogen) atoms. The second-order valence-electron chi connectivity index (χ2n) is 11.4. The Morgan fingerprint density at radius 1 is 1.08 bits per heavy atom. The second kappa shape index (κ2) is 18.3. The average molecular weight is 700 g/mol. The number of carbonyl (C=O) groups excluding carboxylic acids is 1. The molecular weight excluding hydrogens is 662 g/mol. The minimum Gasteiger partial charge on any atom is -0.494 e. The summed E-state index contributed by atoms with van der Waals surface area (Å²) in [5.41, 5.74) is 3.76. The zero-order valence-electron chi connectivity index (χ0n) is 27.8. The van der Waals surface area contributed by atoms with Crippen molar-refractivity contribution >= 4 is 51.6 Å². The number of rotatable bonds is 14. The van der Waals surface area contributed by atoms with Gasteiger partial charge in [-0.3, -0.25) is 29.3 Å². The molecule has 3 heterocycles. The molecule has 0 unspecified atom stereocenters. The zero-order valence-corrected chi connectivity index (χ0v) is 28.5. The van der Waals surface area contributed by atoms with Gasteiger partial charge in [0.05, 0.1) is 46.9 Å². The summed E-state index contributed by atoms with van der Waals surface area (Å²) < 4.78 is 11.7. The molecule has 0 amide bonds. The van der Waals surface area contributed by atoms with E-state index in [1.165, 1.54) is 6.20 Å². The summed E-state index contributed by atoms with van der Waals surface area (Å²) in [6.07, 6.45) is 8.67. The number of aromatic nitrogens is 2. The topological polar surface area (TPSA) is 175 Å². The minimum atomic E-state index is -1.08. The van der Waals surface area contributed by atoms with Crippen molar-refractivity contribution in [3.8, 4) is 17.6 Å². The van der Waals surface area contributed by atoms with Gasteiger partial charge in [0.25, 0.3) is 0 Å². The van der Waals surface area contributed by atoms with Crippen LogP contribution in [0.1, 0.15) is 49.4 Å². The number of hydrogen-bond donors (Lipinski definition) is 3. The number of carboxylic acid groups (broad SMARTS) is 2. The fourth-order valence-corrected chi connectivity index (χ4v) is 5.48. The number of ether oxygens (including phenoxy) is 2. The van der Waals surface area contributed by atoms with Crippen molar-refractivity contribution in [2.24, 2.45) is 0 Å². The van der Waals surface area contributed by atoms with Crippen LogP contribution in [0.25, 0.3) is 10.9 Å². The highest BCUT2D eigenvalue weighted by molar-refractivity contribution is 6.32. The quantitative estimate of drug-likeness (QED) is 0.121. The van der Waals surface area contributed by atoms with Crippen LogP contribution in [0.15, 0.2) is 73.1 Å². The maximum absolute atomic E-state index is 13.0. The van der Waals surface area contributed by atoms with E-state index in [1.807, 2.05) is 49.4 Å². The zero-order chi connectivity index (χ0) is 36.0. The molecule has 2 aromatic carbocycles. The van der Waals surface area contributed by atoms with Crippen LogP contribution < -0.4 is 14.8 Å². The molecule has 13 heteroatoms. The molecule has 5 rings (SSSR count). The predicted molar refractivity (Wildman–Crippen MR) is 189 cm³/mol. The van der Waals surface area contributed by atoms with Crippen molar-refractivity contribution in [2.45, 2.75) is 51.7 Å². The van der Waals surface area contributed by atoms with Crippen LogP contribution in [0.2, 0.25) is 5.02 Å². The lowest BCUT2D eigenvalue weighted by atomic mass is 10.0. The first-order chi connectivity index (χ1) is 24.1. The molecule has 4 aromatic rings. The van der Waals surface area contributed by atoms with Crippen molar-refractivity contribution in [1.29, 1.82) is 5.26 Å². The standard InChI is InChI=1S/C33H32ClN5O3.C4H6O4/c1-3-41-32-18-30-28(16-22(32)15-27(40)11-10-26-8-6-14-39(26)2)33(23(19-35)20-37-30)38-24-9-12-31(29(34)17-24)42-21-25-7-4-5-13-36-25;5-3(6)1-2-4(7)8/h4-5,7,9-13,16-18,20,26H,3,6,8,14-15,21H2,1-2H3,(H,37,38);1-2H2,(H,5,6)(H,7,8)/b11-10+;/t26-;/m1./s1. The van der Waals surface area contributed by atoms with Crippen molar-refractivity contribution in [2.75, 3.05) is 25.5 Å². The number of allylic oxidation sites excluding steroid dienone is 1. The van der Waals surface area contributed by atoms with Gasteiger partial charge in [-0.05, 0) is 75.8 Å². The number of hydrogen-bond acceptors (Lipinski definition) is 10. The van der Waals surface area contributed by atoms with Crippen molar-refractivity contribution in [3.63, 3.8) is 0 Å². The smallest absolute Gasteiger partial charge is 0.303 e. The molecule has 1 fully saturated rings. The second-order valence-corrected chi connectivity index (χ2v) is 11.8. The molecule has 1 atom stereocenters. The summed E-state index contributed by atoms with van der Waals surface area (Å²) in [5.74, 6) is -1.04. The SMILES string of the molecule is CCOc1cc2ncc(C#N)c(Nc3ccc(OCc4ccccn4)c(Cl)c3)c2cc1CC(=O)/C=C/[C@H]1CCCN1C.O=C(O)CCC(=O)O. The van der Waals surface area contributed by atoms with Crippen LogP contribution in [-0.2, 0) is 27.4 Å². The van der Waals surface area contributed by atoms with Crippen LogP contribution >= 0.6 is 11.6 Å². The number of aliphatic carboxylic acids is 2. The fourth-order valence-electron chi connectivity index (χ4n) is 5.25. The molecule has 0 bridgehead atoms. The average Bonchev–Trinajstić information content (AvgIpc) is 3.51. The van der Waals surface area contributed by atoms with Gasteiger partial charge in [0, 0.05) is 47.6 Å². The van der Waals surface area contributed by atoms with E-state index < -0.39 is 11.9 Å². The van der Waals surface area contributed by atoms with E-state index >= 15 is 0 Å². The number of benzene rings is 2. The number of likely N-dealkylation sites (N-methyl/N-ethyl adjacent to an activating group) is 1. The van der Waals surface area contributed by atoms with Gasteiger partial charge in [0.2, 0.25) is 0 Å². The molecule has 0 radical (unpaired) electrons. The first kappa shape index (κ1) is 37.3. The molecule has 1 saturated heterocycles. The van der Waals surface area contributed by atoms with Gasteiger partial charge in [0.15, 0.2) is 5.78 Å². The van der Waals surface area contributed by atoms with Crippen LogP contribution in [-0.4, -0.2) is 69.0 Å². The molecule has 0 saturated carbocycles.